The second kappa shape index (κ2) is 10.9. The summed E-state index contributed by atoms with van der Waals surface area (Å²) in [5, 5.41) is 23.4. The van der Waals surface area contributed by atoms with Gasteiger partial charge in [-0.3, -0.25) is 14.6 Å². The highest BCUT2D eigenvalue weighted by Gasteiger charge is 2.31. The lowest BCUT2D eigenvalue weighted by Crippen LogP contribution is -2.53. The largest absolute Gasteiger partial charge is 0.508 e. The zero-order valence-electron chi connectivity index (χ0n) is 19.9. The van der Waals surface area contributed by atoms with E-state index in [4.69, 9.17) is 0 Å². The number of benzene rings is 2. The third-order valence-electron chi connectivity index (χ3n) is 6.87. The van der Waals surface area contributed by atoms with Crippen LogP contribution in [0.1, 0.15) is 22.3 Å². The van der Waals surface area contributed by atoms with Crippen LogP contribution >= 0.6 is 0 Å². The number of piperazine rings is 1. The number of Topliss-reactive ketones (excluding diaryl/α,β-unsaturated/α-hetero) is 1. The van der Waals surface area contributed by atoms with Gasteiger partial charge in [-0.2, -0.15) is 0 Å². The maximum Gasteiger partial charge on any atom is 0.333 e. The molecule has 2 atom stereocenters. The topological polar surface area (TPSA) is 96.3 Å². The molecule has 8 heteroatoms. The van der Waals surface area contributed by atoms with Gasteiger partial charge < -0.3 is 20.4 Å². The van der Waals surface area contributed by atoms with Crippen molar-refractivity contribution < 1.29 is 19.8 Å². The Hall–Kier alpha value is -3.33. The Kier molecular flexibility index (Phi) is 7.75. The summed E-state index contributed by atoms with van der Waals surface area (Å²) < 4.78 is 0. The molecular weight excluding hydrogens is 444 g/mol. The highest BCUT2D eigenvalue weighted by molar-refractivity contribution is 5.99. The molecule has 2 saturated heterocycles. The van der Waals surface area contributed by atoms with Crippen molar-refractivity contribution in [3.63, 3.8) is 0 Å². The number of anilines is 2. The SMILES string of the molecule is C=Cc1cc(O)ccc1NC(=O)C1CCN(CC(O)N2CCN(c3ccc(C([CH2+])=O)cc3)CC2)C1. The Balaban J connectivity index is 1.24. The zero-order valence-corrected chi connectivity index (χ0v) is 19.9. The van der Waals surface area contributed by atoms with Crippen LogP contribution in [-0.4, -0.2) is 83.7 Å². The molecule has 35 heavy (non-hydrogen) atoms. The van der Waals surface area contributed by atoms with Crippen LogP contribution in [0.4, 0.5) is 11.4 Å². The Morgan fingerprint density at radius 2 is 1.83 bits per heavy atom. The number of hydrogen-bond donors (Lipinski definition) is 3. The second-order valence-corrected chi connectivity index (χ2v) is 9.18. The van der Waals surface area contributed by atoms with Crippen molar-refractivity contribution in [2.75, 3.05) is 56.0 Å². The summed E-state index contributed by atoms with van der Waals surface area (Å²) in [4.78, 5) is 30.6. The van der Waals surface area contributed by atoms with Crippen molar-refractivity contribution in [1.82, 2.24) is 9.80 Å². The average molecular weight is 478 g/mol. The molecule has 2 unspecified atom stereocenters. The number of phenols is 1. The maximum absolute atomic E-state index is 12.8. The first-order valence-corrected chi connectivity index (χ1v) is 12.0. The van der Waals surface area contributed by atoms with E-state index in [0.29, 0.717) is 29.9 Å². The highest BCUT2D eigenvalue weighted by atomic mass is 16.3. The lowest BCUT2D eigenvalue weighted by Gasteiger charge is -2.39. The third-order valence-corrected chi connectivity index (χ3v) is 6.87. The van der Waals surface area contributed by atoms with Gasteiger partial charge in [-0.1, -0.05) is 12.7 Å². The number of aliphatic hydroxyl groups is 1. The number of aliphatic hydroxyl groups excluding tert-OH is 1. The Bertz CT molecular complexity index is 1060. The second-order valence-electron chi connectivity index (χ2n) is 9.18. The molecule has 1 amide bonds. The average Bonchev–Trinajstić information content (AvgIpc) is 3.34. The van der Waals surface area contributed by atoms with Crippen LogP contribution in [0.25, 0.3) is 6.08 Å². The number of amides is 1. The molecule has 0 aromatic heterocycles. The van der Waals surface area contributed by atoms with E-state index < -0.39 is 6.23 Å². The van der Waals surface area contributed by atoms with Crippen molar-refractivity contribution in [1.29, 1.82) is 0 Å². The van der Waals surface area contributed by atoms with E-state index in [1.807, 2.05) is 12.1 Å². The molecule has 0 aliphatic carbocycles. The monoisotopic (exact) mass is 477 g/mol. The number of β-amino-alcohol motifs (C(OH)–C–C–N with tert-alkyl or cyclic N) is 1. The molecule has 2 aliphatic rings. The highest BCUT2D eigenvalue weighted by Crippen LogP contribution is 2.25. The van der Waals surface area contributed by atoms with E-state index in [9.17, 15) is 19.8 Å². The molecule has 0 saturated carbocycles. The van der Waals surface area contributed by atoms with Crippen molar-refractivity contribution in [2.24, 2.45) is 5.92 Å². The maximum atomic E-state index is 12.8. The van der Waals surface area contributed by atoms with E-state index in [1.54, 1.807) is 30.3 Å². The molecule has 0 bridgehead atoms. The molecular formula is C27H33N4O4+. The molecule has 2 heterocycles. The van der Waals surface area contributed by atoms with Crippen LogP contribution in [0.15, 0.2) is 49.0 Å². The third kappa shape index (κ3) is 6.03. The standard InChI is InChI=1S/C27H32N4O4/c1-3-20-16-24(33)8-9-25(20)28-27(35)22-10-11-29(17-22)18-26(34)31-14-12-30(13-15-31)23-6-4-21(5-7-23)19(2)32/h3-9,16,22,26,34H,1-2,10-15,17-18H2,(H-,28,33,35)/p+1. The number of carbonyl (C=O) groups is 2. The number of nitrogens with zero attached hydrogens (tertiary/aromatic N) is 3. The number of hydrogen-bond acceptors (Lipinski definition) is 7. The van der Waals surface area contributed by atoms with Gasteiger partial charge in [0.05, 0.1) is 12.8 Å². The van der Waals surface area contributed by atoms with Gasteiger partial charge in [-0.15, -0.1) is 0 Å². The first-order valence-electron chi connectivity index (χ1n) is 12.0. The Morgan fingerprint density at radius 1 is 1.11 bits per heavy atom. The number of nitrogens with one attached hydrogen (secondary N) is 1. The minimum Gasteiger partial charge on any atom is -0.508 e. The fourth-order valence-electron chi connectivity index (χ4n) is 4.76. The lowest BCUT2D eigenvalue weighted by atomic mass is 10.1. The summed E-state index contributed by atoms with van der Waals surface area (Å²) in [5.74, 6) is -0.272. The number of aromatic hydroxyl groups is 1. The fourth-order valence-corrected chi connectivity index (χ4v) is 4.76. The minimum absolute atomic E-state index is 0.0593. The van der Waals surface area contributed by atoms with Gasteiger partial charge in [0.1, 0.15) is 12.0 Å². The van der Waals surface area contributed by atoms with E-state index >= 15 is 0 Å². The van der Waals surface area contributed by atoms with Gasteiger partial charge in [-0.25, -0.2) is 4.79 Å². The number of likely N-dealkylation sites (tertiary alicyclic amines) is 1. The normalized spacial score (nSPS) is 19.9. The summed E-state index contributed by atoms with van der Waals surface area (Å²) in [6.07, 6.45) is 1.75. The number of phenolic OH excluding ortho intramolecular Hbond substituents is 1. The van der Waals surface area contributed by atoms with Gasteiger partial charge in [0.2, 0.25) is 5.91 Å². The molecule has 2 aromatic carbocycles. The molecule has 4 rings (SSSR count). The van der Waals surface area contributed by atoms with Gasteiger partial charge in [0, 0.05) is 68.3 Å². The summed E-state index contributed by atoms with van der Waals surface area (Å²) in [6, 6.07) is 12.3. The molecule has 2 fully saturated rings. The smallest absolute Gasteiger partial charge is 0.333 e. The Labute approximate surface area is 206 Å². The van der Waals surface area contributed by atoms with E-state index in [0.717, 1.165) is 44.8 Å². The molecule has 0 radical (unpaired) electrons. The molecule has 2 aliphatic heterocycles. The summed E-state index contributed by atoms with van der Waals surface area (Å²) >= 11 is 0. The van der Waals surface area contributed by atoms with E-state index in [2.05, 4.69) is 33.5 Å². The van der Waals surface area contributed by atoms with Gasteiger partial charge in [0.25, 0.3) is 0 Å². The fraction of sp³-hybridized carbons (Fsp3) is 0.370. The van der Waals surface area contributed by atoms with E-state index in [-0.39, 0.29) is 23.4 Å². The van der Waals surface area contributed by atoms with E-state index in [1.165, 1.54) is 6.07 Å². The molecule has 0 spiro atoms. The van der Waals surface area contributed by atoms with Crippen molar-refractivity contribution in [2.45, 2.75) is 12.6 Å². The molecule has 8 nitrogen and oxygen atoms in total. The quantitative estimate of drug-likeness (QED) is 0.305. The Morgan fingerprint density at radius 3 is 2.49 bits per heavy atom. The molecule has 184 valence electrons. The van der Waals surface area contributed by atoms with Crippen LogP contribution < -0.4 is 10.2 Å². The van der Waals surface area contributed by atoms with Crippen LogP contribution in [-0.2, 0) is 4.79 Å². The van der Waals surface area contributed by atoms with Crippen LogP contribution in [0.3, 0.4) is 0 Å². The van der Waals surface area contributed by atoms with Crippen molar-refractivity contribution >= 4 is 29.1 Å². The lowest BCUT2D eigenvalue weighted by molar-refractivity contribution is -0.119. The first-order chi connectivity index (χ1) is 16.8. The van der Waals surface area contributed by atoms with Crippen molar-refractivity contribution in [3.05, 3.63) is 67.1 Å². The predicted molar refractivity (Wildman–Crippen MR) is 137 cm³/mol. The van der Waals surface area contributed by atoms with Crippen LogP contribution in [0.2, 0.25) is 0 Å². The molecule has 2 aromatic rings. The summed E-state index contributed by atoms with van der Waals surface area (Å²) in [5.41, 5.74) is 2.97. The van der Waals surface area contributed by atoms with Crippen LogP contribution in [0, 0.1) is 12.8 Å². The van der Waals surface area contributed by atoms with Gasteiger partial charge in [-0.05, 0) is 43.3 Å². The zero-order chi connectivity index (χ0) is 24.9. The van der Waals surface area contributed by atoms with Gasteiger partial charge in [0.15, 0.2) is 5.56 Å². The summed E-state index contributed by atoms with van der Waals surface area (Å²) in [6.45, 7) is 12.1. The minimum atomic E-state index is -0.588. The van der Waals surface area contributed by atoms with Gasteiger partial charge >= 0.3 is 5.78 Å². The summed E-state index contributed by atoms with van der Waals surface area (Å²) in [7, 11) is 0. The number of ketones is 1. The molecule has 3 N–H and O–H groups in total. The number of carbonyl (C=O) groups excluding carboxylic acids is 2. The predicted octanol–water partition coefficient (Wildman–Crippen LogP) is 2.45. The van der Waals surface area contributed by atoms with Crippen molar-refractivity contribution in [3.8, 4) is 5.75 Å². The number of rotatable bonds is 8. The van der Waals surface area contributed by atoms with Crippen LogP contribution in [0.5, 0.6) is 5.75 Å². The first kappa shape index (κ1) is 24.8.